The number of nitrogens with one attached hydrogen (secondary N) is 2. The number of benzene rings is 1. The van der Waals surface area contributed by atoms with E-state index in [9.17, 15) is 18.0 Å². The minimum absolute atomic E-state index is 0.113. The van der Waals surface area contributed by atoms with Crippen molar-refractivity contribution < 1.29 is 18.0 Å². The molecule has 108 valence electrons. The van der Waals surface area contributed by atoms with Crippen molar-refractivity contribution in [2.24, 2.45) is 0 Å². The Kier molecular flexibility index (Phi) is 4.32. The summed E-state index contributed by atoms with van der Waals surface area (Å²) in [5.74, 6) is 0. The lowest BCUT2D eigenvalue weighted by Gasteiger charge is -2.09. The minimum Gasteiger partial charge on any atom is -0.314 e. The molecule has 0 spiro atoms. The third-order valence-corrected chi connectivity index (χ3v) is 3.10. The molecule has 1 fully saturated rings. The maximum absolute atomic E-state index is 12.5. The maximum atomic E-state index is 12.5. The zero-order valence-electron chi connectivity index (χ0n) is 10.8. The van der Waals surface area contributed by atoms with Crippen molar-refractivity contribution in [2.45, 2.75) is 31.9 Å². The van der Waals surface area contributed by atoms with Crippen LogP contribution in [0.1, 0.15) is 31.2 Å². The number of hydrogen-bond donors (Lipinski definition) is 2. The van der Waals surface area contributed by atoms with Crippen molar-refractivity contribution in [2.75, 3.05) is 5.32 Å². The predicted octanol–water partition coefficient (Wildman–Crippen LogP) is 4.28. The molecule has 1 aromatic carbocycles. The molecule has 0 atom stereocenters. The fraction of sp³-hybridized carbons (Fsp3) is 0.357. The molecule has 0 unspecified atom stereocenters. The highest BCUT2D eigenvalue weighted by Crippen LogP contribution is 2.30. The summed E-state index contributed by atoms with van der Waals surface area (Å²) >= 11 is 0. The highest BCUT2D eigenvalue weighted by molar-refractivity contribution is 5.90. The lowest BCUT2D eigenvalue weighted by atomic mass is 10.2. The number of carbonyl (C=O) groups excluding carboxylic acids is 1. The molecule has 0 aromatic heterocycles. The zero-order valence-corrected chi connectivity index (χ0v) is 10.8. The van der Waals surface area contributed by atoms with Crippen molar-refractivity contribution in [3.63, 3.8) is 0 Å². The molecule has 0 bridgehead atoms. The van der Waals surface area contributed by atoms with Gasteiger partial charge in [0, 0.05) is 11.9 Å². The monoisotopic (exact) mass is 284 g/mol. The van der Waals surface area contributed by atoms with Gasteiger partial charge in [-0.05, 0) is 43.9 Å². The van der Waals surface area contributed by atoms with Crippen molar-refractivity contribution in [3.8, 4) is 0 Å². The summed E-state index contributed by atoms with van der Waals surface area (Å²) in [6.45, 7) is 0. The van der Waals surface area contributed by atoms with E-state index in [2.05, 4.69) is 10.6 Å². The van der Waals surface area contributed by atoms with E-state index in [4.69, 9.17) is 0 Å². The summed E-state index contributed by atoms with van der Waals surface area (Å²) in [6, 6.07) is 4.00. The third-order valence-electron chi connectivity index (χ3n) is 3.10. The quantitative estimate of drug-likeness (QED) is 0.836. The number of alkyl halides is 3. The third kappa shape index (κ3) is 4.01. The molecule has 0 heterocycles. The molecular weight excluding hydrogens is 269 g/mol. The highest BCUT2D eigenvalue weighted by atomic mass is 19.4. The van der Waals surface area contributed by atoms with Gasteiger partial charge in [-0.3, -0.25) is 0 Å². The van der Waals surface area contributed by atoms with E-state index >= 15 is 0 Å². The first-order valence-corrected chi connectivity index (χ1v) is 6.38. The normalized spacial score (nSPS) is 15.1. The molecule has 6 heteroatoms. The second kappa shape index (κ2) is 5.98. The summed E-state index contributed by atoms with van der Waals surface area (Å²) < 4.78 is 37.6. The van der Waals surface area contributed by atoms with Gasteiger partial charge in [-0.15, -0.1) is 0 Å². The smallest absolute Gasteiger partial charge is 0.314 e. The van der Waals surface area contributed by atoms with Gasteiger partial charge in [0.1, 0.15) is 0 Å². The molecule has 0 saturated heterocycles. The molecule has 2 rings (SSSR count). The van der Waals surface area contributed by atoms with Crippen molar-refractivity contribution in [1.29, 1.82) is 0 Å². The van der Waals surface area contributed by atoms with Gasteiger partial charge in [-0.2, -0.15) is 13.2 Å². The maximum Gasteiger partial charge on any atom is 0.416 e. The molecule has 1 aliphatic carbocycles. The summed E-state index contributed by atoms with van der Waals surface area (Å²) in [4.78, 5) is 11.6. The Bertz CT molecular complexity index is 515. The Balaban J connectivity index is 1.95. The molecule has 20 heavy (non-hydrogen) atoms. The Morgan fingerprint density at radius 3 is 2.55 bits per heavy atom. The summed E-state index contributed by atoms with van der Waals surface area (Å²) in [5, 5.41) is 4.92. The standard InChI is InChI=1S/C14H15F3N2O/c15-14(16,17)11-6-3-7-12(8-11)19-13(20)18-9-10-4-1-2-5-10/h3,6-9H,1-2,4-5H2,(H2,18,19,20). The van der Waals surface area contributed by atoms with E-state index in [1.165, 1.54) is 12.1 Å². The summed E-state index contributed by atoms with van der Waals surface area (Å²) in [7, 11) is 0. The first-order chi connectivity index (χ1) is 9.45. The molecule has 1 aromatic rings. The van der Waals surface area contributed by atoms with Gasteiger partial charge in [0.05, 0.1) is 5.56 Å². The number of rotatable bonds is 2. The molecule has 1 aliphatic rings. The van der Waals surface area contributed by atoms with Gasteiger partial charge in [0.25, 0.3) is 0 Å². The number of anilines is 1. The number of allylic oxidation sites excluding steroid dienone is 1. The van der Waals surface area contributed by atoms with Gasteiger partial charge in [0.2, 0.25) is 0 Å². The number of hydrogen-bond acceptors (Lipinski definition) is 1. The number of halogens is 3. The van der Waals surface area contributed by atoms with Crippen LogP contribution in [0.3, 0.4) is 0 Å². The molecular formula is C14H15F3N2O. The van der Waals surface area contributed by atoms with E-state index in [-0.39, 0.29) is 5.69 Å². The topological polar surface area (TPSA) is 41.1 Å². The fourth-order valence-electron chi connectivity index (χ4n) is 2.08. The van der Waals surface area contributed by atoms with Crippen LogP contribution in [0, 0.1) is 0 Å². The lowest BCUT2D eigenvalue weighted by molar-refractivity contribution is -0.137. The zero-order chi connectivity index (χ0) is 14.6. The lowest BCUT2D eigenvalue weighted by Crippen LogP contribution is -2.24. The summed E-state index contributed by atoms with van der Waals surface area (Å²) in [5.41, 5.74) is 0.482. The summed E-state index contributed by atoms with van der Waals surface area (Å²) in [6.07, 6.45) is 1.37. The van der Waals surface area contributed by atoms with Crippen molar-refractivity contribution in [1.82, 2.24) is 5.32 Å². The molecule has 2 amide bonds. The average Bonchev–Trinajstić information content (AvgIpc) is 2.89. The number of urea groups is 1. The molecule has 0 radical (unpaired) electrons. The first kappa shape index (κ1) is 14.4. The van der Waals surface area contributed by atoms with Crippen LogP contribution in [0.15, 0.2) is 36.0 Å². The Morgan fingerprint density at radius 1 is 1.20 bits per heavy atom. The van der Waals surface area contributed by atoms with Crippen molar-refractivity contribution in [3.05, 3.63) is 41.6 Å². The van der Waals surface area contributed by atoms with Gasteiger partial charge in [0.15, 0.2) is 0 Å². The number of amides is 2. The van der Waals surface area contributed by atoms with Crippen LogP contribution in [-0.4, -0.2) is 6.03 Å². The number of carbonyl (C=O) groups is 1. The first-order valence-electron chi connectivity index (χ1n) is 6.38. The van der Waals surface area contributed by atoms with Crippen LogP contribution >= 0.6 is 0 Å². The van der Waals surface area contributed by atoms with Gasteiger partial charge in [-0.1, -0.05) is 11.6 Å². The largest absolute Gasteiger partial charge is 0.416 e. The van der Waals surface area contributed by atoms with Gasteiger partial charge in [-0.25, -0.2) is 4.79 Å². The average molecular weight is 284 g/mol. The van der Waals surface area contributed by atoms with Crippen LogP contribution < -0.4 is 10.6 Å². The van der Waals surface area contributed by atoms with E-state index in [0.29, 0.717) is 0 Å². The Morgan fingerprint density at radius 2 is 1.90 bits per heavy atom. The Labute approximate surface area is 114 Å². The van der Waals surface area contributed by atoms with Crippen LogP contribution in [-0.2, 0) is 6.18 Å². The van der Waals surface area contributed by atoms with Crippen LogP contribution in [0.2, 0.25) is 0 Å². The van der Waals surface area contributed by atoms with E-state index in [1.807, 2.05) is 0 Å². The van der Waals surface area contributed by atoms with E-state index in [0.717, 1.165) is 43.4 Å². The van der Waals surface area contributed by atoms with E-state index < -0.39 is 17.8 Å². The van der Waals surface area contributed by atoms with Crippen LogP contribution in [0.25, 0.3) is 0 Å². The highest BCUT2D eigenvalue weighted by Gasteiger charge is 2.30. The van der Waals surface area contributed by atoms with Gasteiger partial charge < -0.3 is 10.6 Å². The molecule has 2 N–H and O–H groups in total. The SMILES string of the molecule is O=C(NC=C1CCCC1)Nc1cccc(C(F)(F)F)c1. The molecule has 3 nitrogen and oxygen atoms in total. The van der Waals surface area contributed by atoms with Crippen LogP contribution in [0.4, 0.5) is 23.7 Å². The molecule has 0 aliphatic heterocycles. The Hall–Kier alpha value is -1.98. The van der Waals surface area contributed by atoms with E-state index in [1.54, 1.807) is 6.20 Å². The van der Waals surface area contributed by atoms with Crippen molar-refractivity contribution >= 4 is 11.7 Å². The fourth-order valence-corrected chi connectivity index (χ4v) is 2.08. The molecule has 1 saturated carbocycles. The second-order valence-electron chi connectivity index (χ2n) is 4.69. The predicted molar refractivity (Wildman–Crippen MR) is 70.1 cm³/mol. The second-order valence-corrected chi connectivity index (χ2v) is 4.69. The van der Waals surface area contributed by atoms with Crippen LogP contribution in [0.5, 0.6) is 0 Å². The van der Waals surface area contributed by atoms with Gasteiger partial charge >= 0.3 is 12.2 Å². The minimum atomic E-state index is -4.42.